The molecule has 1 aromatic heterocycles. The van der Waals surface area contributed by atoms with Gasteiger partial charge in [-0.25, -0.2) is 0 Å². The molecule has 0 fully saturated rings. The Kier molecular flexibility index (Phi) is 4.65. The third kappa shape index (κ3) is 4.10. The van der Waals surface area contributed by atoms with E-state index in [-0.39, 0.29) is 17.7 Å². The Hall–Kier alpha value is -2.27. The maximum atomic E-state index is 12.1. The molecule has 5 heteroatoms. The number of aliphatic hydroxyl groups is 1. The van der Waals surface area contributed by atoms with Crippen LogP contribution >= 0.6 is 0 Å². The summed E-state index contributed by atoms with van der Waals surface area (Å²) in [5, 5.41) is 22.3. The standard InChI is InChI=1S/C16H19NO4/c1-10-6-12(9-13(18)7-10)16(20)17-11(2)8-14(19)15-4-3-5-21-15/h3-7,9,11,14,18-19H,8H2,1-2H3,(H,17,20). The predicted molar refractivity (Wildman–Crippen MR) is 78.1 cm³/mol. The van der Waals surface area contributed by atoms with Crippen LogP contribution in [0.3, 0.4) is 0 Å². The van der Waals surface area contributed by atoms with Crippen molar-refractivity contribution < 1.29 is 19.4 Å². The molecule has 2 rings (SSSR count). The van der Waals surface area contributed by atoms with Crippen LogP contribution < -0.4 is 5.32 Å². The molecule has 0 spiro atoms. The Bertz CT molecular complexity index is 586. The van der Waals surface area contributed by atoms with Gasteiger partial charge in [0.15, 0.2) is 0 Å². The first-order valence-corrected chi connectivity index (χ1v) is 6.78. The molecule has 0 radical (unpaired) electrons. The van der Waals surface area contributed by atoms with E-state index in [9.17, 15) is 15.0 Å². The zero-order valence-corrected chi connectivity index (χ0v) is 12.0. The maximum Gasteiger partial charge on any atom is 0.251 e. The number of carbonyl (C=O) groups excluding carboxylic acids is 1. The molecule has 2 atom stereocenters. The number of nitrogens with one attached hydrogen (secondary N) is 1. The zero-order chi connectivity index (χ0) is 15.4. The summed E-state index contributed by atoms with van der Waals surface area (Å²) in [6, 6.07) is 7.86. The van der Waals surface area contributed by atoms with Gasteiger partial charge in [-0.05, 0) is 49.7 Å². The van der Waals surface area contributed by atoms with E-state index in [1.54, 1.807) is 38.1 Å². The Balaban J connectivity index is 1.95. The highest BCUT2D eigenvalue weighted by molar-refractivity contribution is 5.94. The molecule has 112 valence electrons. The number of amides is 1. The number of aliphatic hydroxyl groups excluding tert-OH is 1. The fourth-order valence-corrected chi connectivity index (χ4v) is 2.19. The second kappa shape index (κ2) is 6.45. The van der Waals surface area contributed by atoms with Crippen molar-refractivity contribution in [2.75, 3.05) is 0 Å². The van der Waals surface area contributed by atoms with Gasteiger partial charge in [0, 0.05) is 18.0 Å². The van der Waals surface area contributed by atoms with E-state index in [1.807, 2.05) is 0 Å². The monoisotopic (exact) mass is 289 g/mol. The molecular weight excluding hydrogens is 270 g/mol. The molecule has 0 saturated carbocycles. The van der Waals surface area contributed by atoms with E-state index in [4.69, 9.17) is 4.42 Å². The van der Waals surface area contributed by atoms with Gasteiger partial charge in [-0.3, -0.25) is 4.79 Å². The van der Waals surface area contributed by atoms with Crippen molar-refractivity contribution in [3.63, 3.8) is 0 Å². The van der Waals surface area contributed by atoms with Crippen LogP contribution in [0.5, 0.6) is 5.75 Å². The molecule has 21 heavy (non-hydrogen) atoms. The lowest BCUT2D eigenvalue weighted by atomic mass is 10.1. The van der Waals surface area contributed by atoms with Crippen LogP contribution in [0.15, 0.2) is 41.0 Å². The van der Waals surface area contributed by atoms with Gasteiger partial charge in [0.05, 0.1) is 6.26 Å². The van der Waals surface area contributed by atoms with Crippen molar-refractivity contribution in [2.45, 2.75) is 32.4 Å². The number of carbonyl (C=O) groups is 1. The summed E-state index contributed by atoms with van der Waals surface area (Å²) in [7, 11) is 0. The fraction of sp³-hybridized carbons (Fsp3) is 0.312. The van der Waals surface area contributed by atoms with Crippen molar-refractivity contribution in [1.29, 1.82) is 0 Å². The SMILES string of the molecule is Cc1cc(O)cc(C(=O)NC(C)CC(O)c2ccco2)c1. The van der Waals surface area contributed by atoms with Crippen LogP contribution in [0, 0.1) is 6.92 Å². The predicted octanol–water partition coefficient (Wildman–Crippen LogP) is 2.54. The molecule has 0 aliphatic rings. The molecule has 0 aliphatic carbocycles. The lowest BCUT2D eigenvalue weighted by molar-refractivity contribution is 0.0902. The molecule has 0 bridgehead atoms. The van der Waals surface area contributed by atoms with Crippen molar-refractivity contribution >= 4 is 5.91 Å². The average Bonchev–Trinajstić information content (AvgIpc) is 2.91. The van der Waals surface area contributed by atoms with Gasteiger partial charge in [-0.2, -0.15) is 0 Å². The van der Waals surface area contributed by atoms with E-state index < -0.39 is 6.10 Å². The van der Waals surface area contributed by atoms with E-state index >= 15 is 0 Å². The first-order valence-electron chi connectivity index (χ1n) is 6.78. The number of aromatic hydroxyl groups is 1. The molecule has 2 aromatic rings. The third-order valence-electron chi connectivity index (χ3n) is 3.15. The third-order valence-corrected chi connectivity index (χ3v) is 3.15. The molecule has 1 aromatic carbocycles. The molecule has 0 aliphatic heterocycles. The van der Waals surface area contributed by atoms with E-state index in [2.05, 4.69) is 5.32 Å². The van der Waals surface area contributed by atoms with Gasteiger partial charge in [-0.15, -0.1) is 0 Å². The average molecular weight is 289 g/mol. The van der Waals surface area contributed by atoms with E-state index in [0.29, 0.717) is 17.7 Å². The number of benzene rings is 1. The number of hydrogen-bond donors (Lipinski definition) is 3. The summed E-state index contributed by atoms with van der Waals surface area (Å²) in [5.74, 6) is 0.251. The number of rotatable bonds is 5. The van der Waals surface area contributed by atoms with Crippen LogP contribution in [-0.2, 0) is 0 Å². The molecule has 2 unspecified atom stereocenters. The molecular formula is C16H19NO4. The number of furan rings is 1. The second-order valence-corrected chi connectivity index (χ2v) is 5.20. The van der Waals surface area contributed by atoms with Crippen LogP contribution in [0.25, 0.3) is 0 Å². The smallest absolute Gasteiger partial charge is 0.251 e. The number of aryl methyl sites for hydroxylation is 1. The van der Waals surface area contributed by atoms with Crippen LogP contribution in [0.2, 0.25) is 0 Å². The van der Waals surface area contributed by atoms with Gasteiger partial charge in [-0.1, -0.05) is 0 Å². The highest BCUT2D eigenvalue weighted by Gasteiger charge is 2.17. The van der Waals surface area contributed by atoms with Gasteiger partial charge in [0.1, 0.15) is 17.6 Å². The second-order valence-electron chi connectivity index (χ2n) is 5.20. The summed E-state index contributed by atoms with van der Waals surface area (Å²) in [4.78, 5) is 12.1. The first-order chi connectivity index (χ1) is 9.95. The summed E-state index contributed by atoms with van der Waals surface area (Å²) < 4.78 is 5.12. The Morgan fingerprint density at radius 2 is 2.14 bits per heavy atom. The number of hydrogen-bond acceptors (Lipinski definition) is 4. The molecule has 0 saturated heterocycles. The van der Waals surface area contributed by atoms with Gasteiger partial charge < -0.3 is 19.9 Å². The molecule has 1 heterocycles. The van der Waals surface area contributed by atoms with Crippen molar-refractivity contribution in [3.8, 4) is 5.75 Å². The summed E-state index contributed by atoms with van der Waals surface area (Å²) in [6.45, 7) is 3.61. The van der Waals surface area contributed by atoms with Crippen LogP contribution in [-0.4, -0.2) is 22.2 Å². The lowest BCUT2D eigenvalue weighted by Crippen LogP contribution is -2.33. The number of phenols is 1. The normalized spacial score (nSPS) is 13.7. The molecule has 1 amide bonds. The van der Waals surface area contributed by atoms with Crippen molar-refractivity contribution in [3.05, 3.63) is 53.5 Å². The topological polar surface area (TPSA) is 82.7 Å². The van der Waals surface area contributed by atoms with E-state index in [0.717, 1.165) is 5.56 Å². The summed E-state index contributed by atoms with van der Waals surface area (Å²) >= 11 is 0. The highest BCUT2D eigenvalue weighted by Crippen LogP contribution is 2.19. The largest absolute Gasteiger partial charge is 0.508 e. The summed E-state index contributed by atoms with van der Waals surface area (Å²) in [5.41, 5.74) is 1.20. The van der Waals surface area contributed by atoms with Gasteiger partial charge in [0.25, 0.3) is 5.91 Å². The van der Waals surface area contributed by atoms with Crippen molar-refractivity contribution in [2.24, 2.45) is 0 Å². The fourth-order valence-electron chi connectivity index (χ4n) is 2.19. The molecule has 3 N–H and O–H groups in total. The Morgan fingerprint density at radius 1 is 1.38 bits per heavy atom. The number of phenolic OH excluding ortho intramolecular Hbond substituents is 1. The minimum absolute atomic E-state index is 0.0587. The van der Waals surface area contributed by atoms with Crippen LogP contribution in [0.1, 0.15) is 41.1 Å². The minimum Gasteiger partial charge on any atom is -0.508 e. The van der Waals surface area contributed by atoms with Gasteiger partial charge in [0.2, 0.25) is 0 Å². The van der Waals surface area contributed by atoms with E-state index in [1.165, 1.54) is 12.3 Å². The lowest BCUT2D eigenvalue weighted by Gasteiger charge is -2.17. The Morgan fingerprint density at radius 3 is 2.76 bits per heavy atom. The van der Waals surface area contributed by atoms with Crippen LogP contribution in [0.4, 0.5) is 0 Å². The molecule has 5 nitrogen and oxygen atoms in total. The Labute approximate surface area is 123 Å². The maximum absolute atomic E-state index is 12.1. The quantitative estimate of drug-likeness (QED) is 0.790. The summed E-state index contributed by atoms with van der Waals surface area (Å²) in [6.07, 6.45) is 1.08. The first kappa shape index (κ1) is 15.1. The van der Waals surface area contributed by atoms with Gasteiger partial charge >= 0.3 is 0 Å². The highest BCUT2D eigenvalue weighted by atomic mass is 16.4. The minimum atomic E-state index is -0.763. The zero-order valence-electron chi connectivity index (χ0n) is 12.0. The van der Waals surface area contributed by atoms with Crippen molar-refractivity contribution in [1.82, 2.24) is 5.32 Å².